The molecule has 0 aliphatic heterocycles. The average molecular weight is 248 g/mol. The number of para-hydroxylation sites is 1. The van der Waals surface area contributed by atoms with Gasteiger partial charge in [-0.1, -0.05) is 29.8 Å². The Morgan fingerprint density at radius 3 is 2.71 bits per heavy atom. The summed E-state index contributed by atoms with van der Waals surface area (Å²) in [5.74, 6) is 0.466. The molecule has 0 N–H and O–H groups in total. The summed E-state index contributed by atoms with van der Waals surface area (Å²) in [4.78, 5) is 15.7. The zero-order valence-corrected chi connectivity index (χ0v) is 9.72. The number of carbonyl (C=O) groups is 1. The Morgan fingerprint density at radius 1 is 1.24 bits per heavy atom. The van der Waals surface area contributed by atoms with Crippen molar-refractivity contribution in [3.8, 4) is 5.75 Å². The van der Waals surface area contributed by atoms with Crippen LogP contribution in [0, 0.1) is 0 Å². The summed E-state index contributed by atoms with van der Waals surface area (Å²) < 4.78 is 5.34. The molecule has 0 atom stereocenters. The van der Waals surface area contributed by atoms with Crippen LogP contribution in [0.2, 0.25) is 5.02 Å². The van der Waals surface area contributed by atoms with E-state index < -0.39 is 0 Å². The van der Waals surface area contributed by atoms with E-state index in [1.54, 1.807) is 18.2 Å². The van der Waals surface area contributed by atoms with Crippen LogP contribution in [0.1, 0.15) is 10.4 Å². The molecule has 4 heteroatoms. The number of pyridine rings is 1. The Kier molecular flexibility index (Phi) is 3.73. The lowest BCUT2D eigenvalue weighted by Gasteiger charge is -2.05. The molecule has 86 valence electrons. The highest BCUT2D eigenvalue weighted by Gasteiger charge is 2.10. The summed E-state index contributed by atoms with van der Waals surface area (Å²) in [6.07, 6.45) is 2.98. The summed E-state index contributed by atoms with van der Waals surface area (Å²) in [7, 11) is 0. The number of rotatable bonds is 4. The third-order valence-electron chi connectivity index (χ3n) is 2.18. The van der Waals surface area contributed by atoms with Gasteiger partial charge in [-0.05, 0) is 18.2 Å². The van der Waals surface area contributed by atoms with Gasteiger partial charge in [0.2, 0.25) is 5.78 Å². The van der Waals surface area contributed by atoms with Crippen LogP contribution in [-0.4, -0.2) is 17.4 Å². The van der Waals surface area contributed by atoms with Crippen molar-refractivity contribution in [3.63, 3.8) is 0 Å². The van der Waals surface area contributed by atoms with Crippen LogP contribution in [0.4, 0.5) is 0 Å². The quantitative estimate of drug-likeness (QED) is 0.780. The highest BCUT2D eigenvalue weighted by molar-refractivity contribution is 6.33. The van der Waals surface area contributed by atoms with Crippen LogP contribution < -0.4 is 4.74 Å². The van der Waals surface area contributed by atoms with Gasteiger partial charge in [-0.25, -0.2) is 0 Å². The number of Topliss-reactive ketones (excluding diaryl/α,β-unsaturated/α-hetero) is 1. The second-order valence-corrected chi connectivity index (χ2v) is 3.79. The van der Waals surface area contributed by atoms with E-state index in [4.69, 9.17) is 16.3 Å². The lowest BCUT2D eigenvalue weighted by atomic mass is 10.2. The number of ether oxygens (including phenoxy) is 1. The summed E-state index contributed by atoms with van der Waals surface area (Å²) in [5, 5.41) is 0.390. The number of aromatic nitrogens is 1. The lowest BCUT2D eigenvalue weighted by Crippen LogP contribution is -2.12. The molecule has 1 aromatic heterocycles. The number of halogens is 1. The van der Waals surface area contributed by atoms with E-state index in [-0.39, 0.29) is 12.4 Å². The van der Waals surface area contributed by atoms with E-state index in [0.717, 1.165) is 0 Å². The fourth-order valence-electron chi connectivity index (χ4n) is 1.33. The molecule has 0 fully saturated rings. The summed E-state index contributed by atoms with van der Waals surface area (Å²) in [5.41, 5.74) is 0.380. The molecule has 0 bridgehead atoms. The minimum Gasteiger partial charge on any atom is -0.485 e. The Balaban J connectivity index is 2.01. The van der Waals surface area contributed by atoms with Gasteiger partial charge in [0.1, 0.15) is 5.75 Å². The monoisotopic (exact) mass is 247 g/mol. The molecule has 3 nitrogen and oxygen atoms in total. The predicted molar refractivity (Wildman–Crippen MR) is 65.5 cm³/mol. The molecular weight excluding hydrogens is 238 g/mol. The van der Waals surface area contributed by atoms with Gasteiger partial charge in [-0.15, -0.1) is 0 Å². The Bertz CT molecular complexity index is 514. The number of carbonyl (C=O) groups excluding carboxylic acids is 1. The van der Waals surface area contributed by atoms with Gasteiger partial charge in [0.05, 0.1) is 10.6 Å². The van der Waals surface area contributed by atoms with Gasteiger partial charge in [-0.3, -0.25) is 9.78 Å². The van der Waals surface area contributed by atoms with Crippen LogP contribution in [-0.2, 0) is 0 Å². The average Bonchev–Trinajstić information content (AvgIpc) is 2.38. The lowest BCUT2D eigenvalue weighted by molar-refractivity contribution is 0.0921. The highest BCUT2D eigenvalue weighted by atomic mass is 35.5. The van der Waals surface area contributed by atoms with Crippen molar-refractivity contribution in [2.75, 3.05) is 6.61 Å². The third-order valence-corrected chi connectivity index (χ3v) is 2.51. The second-order valence-electron chi connectivity index (χ2n) is 3.38. The van der Waals surface area contributed by atoms with Gasteiger partial charge in [0.25, 0.3) is 0 Å². The Morgan fingerprint density at radius 2 is 2.00 bits per heavy atom. The first-order valence-corrected chi connectivity index (χ1v) is 5.46. The zero-order chi connectivity index (χ0) is 12.1. The van der Waals surface area contributed by atoms with Gasteiger partial charge >= 0.3 is 0 Å². The molecule has 0 aliphatic rings. The smallest absolute Gasteiger partial charge is 0.203 e. The maximum atomic E-state index is 11.8. The molecule has 0 amide bonds. The van der Waals surface area contributed by atoms with E-state index >= 15 is 0 Å². The molecule has 17 heavy (non-hydrogen) atoms. The van der Waals surface area contributed by atoms with Gasteiger partial charge in [-0.2, -0.15) is 0 Å². The molecule has 0 spiro atoms. The Hall–Kier alpha value is -1.87. The molecular formula is C13H10ClNO2. The van der Waals surface area contributed by atoms with Crippen molar-refractivity contribution >= 4 is 17.4 Å². The van der Waals surface area contributed by atoms with E-state index in [9.17, 15) is 4.79 Å². The molecule has 2 rings (SSSR count). The van der Waals surface area contributed by atoms with Crippen LogP contribution in [0.5, 0.6) is 5.75 Å². The number of hydrogen-bond acceptors (Lipinski definition) is 3. The molecule has 1 heterocycles. The van der Waals surface area contributed by atoms with Gasteiger partial charge in [0, 0.05) is 12.4 Å². The minimum absolute atomic E-state index is 0.0462. The standard InChI is InChI=1S/C13H10ClNO2/c14-12-6-7-15-8-11(12)13(16)9-17-10-4-2-1-3-5-10/h1-8H,9H2. The predicted octanol–water partition coefficient (Wildman–Crippen LogP) is 3.00. The van der Waals surface area contributed by atoms with E-state index in [1.807, 2.05) is 18.2 Å². The summed E-state index contributed by atoms with van der Waals surface area (Å²) in [6, 6.07) is 10.7. The maximum Gasteiger partial charge on any atom is 0.203 e. The van der Waals surface area contributed by atoms with Gasteiger partial charge < -0.3 is 4.74 Å². The first-order valence-electron chi connectivity index (χ1n) is 5.08. The van der Waals surface area contributed by atoms with E-state index in [0.29, 0.717) is 16.3 Å². The number of hydrogen-bond donors (Lipinski definition) is 0. The number of benzene rings is 1. The van der Waals surface area contributed by atoms with Crippen molar-refractivity contribution in [2.24, 2.45) is 0 Å². The zero-order valence-electron chi connectivity index (χ0n) is 8.97. The fourth-order valence-corrected chi connectivity index (χ4v) is 1.54. The van der Waals surface area contributed by atoms with Crippen molar-refractivity contribution in [1.29, 1.82) is 0 Å². The maximum absolute atomic E-state index is 11.8. The molecule has 1 aromatic carbocycles. The molecule has 0 unspecified atom stereocenters. The normalized spacial score (nSPS) is 9.94. The molecule has 0 saturated heterocycles. The van der Waals surface area contributed by atoms with E-state index in [2.05, 4.69) is 4.98 Å². The van der Waals surface area contributed by atoms with Crippen LogP contribution >= 0.6 is 11.6 Å². The SMILES string of the molecule is O=C(COc1ccccc1)c1cnccc1Cl. The molecule has 2 aromatic rings. The van der Waals surface area contributed by atoms with Crippen LogP contribution in [0.3, 0.4) is 0 Å². The van der Waals surface area contributed by atoms with Crippen molar-refractivity contribution in [3.05, 3.63) is 59.4 Å². The van der Waals surface area contributed by atoms with Gasteiger partial charge in [0.15, 0.2) is 6.61 Å². The number of ketones is 1. The minimum atomic E-state index is -0.188. The molecule has 0 saturated carbocycles. The van der Waals surface area contributed by atoms with Crippen molar-refractivity contribution in [1.82, 2.24) is 4.98 Å². The summed E-state index contributed by atoms with van der Waals surface area (Å²) in [6.45, 7) is -0.0462. The van der Waals surface area contributed by atoms with Crippen LogP contribution in [0.15, 0.2) is 48.8 Å². The summed E-state index contributed by atoms with van der Waals surface area (Å²) >= 11 is 5.88. The van der Waals surface area contributed by atoms with E-state index in [1.165, 1.54) is 12.4 Å². The third kappa shape index (κ3) is 3.04. The van der Waals surface area contributed by atoms with Crippen molar-refractivity contribution in [2.45, 2.75) is 0 Å². The second kappa shape index (κ2) is 5.46. The Labute approximate surface area is 104 Å². The topological polar surface area (TPSA) is 39.2 Å². The number of nitrogens with zero attached hydrogens (tertiary/aromatic N) is 1. The fraction of sp³-hybridized carbons (Fsp3) is 0.0769. The highest BCUT2D eigenvalue weighted by Crippen LogP contribution is 2.15. The first-order chi connectivity index (χ1) is 8.27. The molecule has 0 radical (unpaired) electrons. The van der Waals surface area contributed by atoms with Crippen molar-refractivity contribution < 1.29 is 9.53 Å². The largest absolute Gasteiger partial charge is 0.485 e. The van der Waals surface area contributed by atoms with Crippen LogP contribution in [0.25, 0.3) is 0 Å². The molecule has 0 aliphatic carbocycles. The first kappa shape index (κ1) is 11.6.